The second kappa shape index (κ2) is 9.56. The number of halogens is 5. The molecule has 0 spiro atoms. The van der Waals surface area contributed by atoms with Gasteiger partial charge in [0.25, 0.3) is 0 Å². The molecule has 1 saturated heterocycles. The Labute approximate surface area is 172 Å². The van der Waals surface area contributed by atoms with Gasteiger partial charge < -0.3 is 11.1 Å². The zero-order valence-electron chi connectivity index (χ0n) is 15.5. The van der Waals surface area contributed by atoms with Crippen LogP contribution in [0.5, 0.6) is 0 Å². The molecule has 1 heterocycles. The van der Waals surface area contributed by atoms with Crippen LogP contribution in [0.2, 0.25) is 0 Å². The number of nitrogens with one attached hydrogen (secondary N) is 1. The van der Waals surface area contributed by atoms with E-state index in [2.05, 4.69) is 5.32 Å². The third-order valence-electron chi connectivity index (χ3n) is 4.89. The standard InChI is InChI=1S/C20H21F4N3O.ClH/c21-15-7-6-14(17(8-15)20(22,23)24)9-26-19(28)12-27-10-16(18(25)11-27)13-4-2-1-3-5-13;/h1-8,16,18H,9-12,25H2,(H,26,28);1H/t16-,18+;/m0./s1. The molecule has 2 aromatic carbocycles. The molecule has 2 aromatic rings. The van der Waals surface area contributed by atoms with Crippen LogP contribution >= 0.6 is 12.4 Å². The number of carbonyl (C=O) groups excluding carboxylic acids is 1. The number of nitrogens with two attached hydrogens (primary N) is 1. The lowest BCUT2D eigenvalue weighted by molar-refractivity contribution is -0.138. The van der Waals surface area contributed by atoms with E-state index in [1.165, 1.54) is 0 Å². The fraction of sp³-hybridized carbons (Fsp3) is 0.350. The largest absolute Gasteiger partial charge is 0.416 e. The Morgan fingerprint density at radius 1 is 1.14 bits per heavy atom. The van der Waals surface area contributed by atoms with Gasteiger partial charge in [-0.1, -0.05) is 36.4 Å². The van der Waals surface area contributed by atoms with Crippen molar-refractivity contribution in [3.63, 3.8) is 0 Å². The third kappa shape index (κ3) is 5.91. The molecular weight excluding hydrogens is 410 g/mol. The minimum Gasteiger partial charge on any atom is -0.351 e. The second-order valence-electron chi connectivity index (χ2n) is 6.95. The number of hydrogen-bond donors (Lipinski definition) is 2. The first-order chi connectivity index (χ1) is 13.2. The fourth-order valence-electron chi connectivity index (χ4n) is 3.51. The van der Waals surface area contributed by atoms with Gasteiger partial charge in [-0.25, -0.2) is 4.39 Å². The van der Waals surface area contributed by atoms with Gasteiger partial charge in [-0.2, -0.15) is 13.2 Å². The summed E-state index contributed by atoms with van der Waals surface area (Å²) in [6.07, 6.45) is -4.69. The maximum absolute atomic E-state index is 13.2. The van der Waals surface area contributed by atoms with Crippen molar-refractivity contribution in [3.05, 3.63) is 71.0 Å². The number of likely N-dealkylation sites (tertiary alicyclic amines) is 1. The van der Waals surface area contributed by atoms with Gasteiger partial charge >= 0.3 is 6.18 Å². The normalized spacial score (nSPS) is 19.6. The Balaban J connectivity index is 0.00000300. The maximum Gasteiger partial charge on any atom is 0.416 e. The second-order valence-corrected chi connectivity index (χ2v) is 6.95. The molecule has 0 aliphatic carbocycles. The van der Waals surface area contributed by atoms with Crippen LogP contribution < -0.4 is 11.1 Å². The molecule has 3 rings (SSSR count). The third-order valence-corrected chi connectivity index (χ3v) is 4.89. The number of hydrogen-bond acceptors (Lipinski definition) is 3. The number of rotatable bonds is 5. The summed E-state index contributed by atoms with van der Waals surface area (Å²) in [5.74, 6) is -1.28. The van der Waals surface area contributed by atoms with Gasteiger partial charge in [-0.3, -0.25) is 9.69 Å². The minimum absolute atomic E-state index is 0. The van der Waals surface area contributed by atoms with Crippen LogP contribution in [0.15, 0.2) is 48.5 Å². The molecule has 1 aliphatic heterocycles. The van der Waals surface area contributed by atoms with E-state index < -0.39 is 23.5 Å². The molecule has 9 heteroatoms. The van der Waals surface area contributed by atoms with Gasteiger partial charge in [0.1, 0.15) is 5.82 Å². The average molecular weight is 432 g/mol. The van der Waals surface area contributed by atoms with E-state index in [-0.39, 0.29) is 43.0 Å². The summed E-state index contributed by atoms with van der Waals surface area (Å²) in [5.41, 5.74) is 6.03. The van der Waals surface area contributed by atoms with Crippen molar-refractivity contribution in [1.82, 2.24) is 10.2 Å². The van der Waals surface area contributed by atoms with E-state index in [9.17, 15) is 22.4 Å². The van der Waals surface area contributed by atoms with Crippen LogP contribution in [0.1, 0.15) is 22.6 Å². The van der Waals surface area contributed by atoms with Gasteiger partial charge in [-0.05, 0) is 23.3 Å². The smallest absolute Gasteiger partial charge is 0.351 e. The van der Waals surface area contributed by atoms with Crippen molar-refractivity contribution in [2.75, 3.05) is 19.6 Å². The zero-order valence-corrected chi connectivity index (χ0v) is 16.3. The molecule has 0 unspecified atom stereocenters. The fourth-order valence-corrected chi connectivity index (χ4v) is 3.51. The van der Waals surface area contributed by atoms with E-state index in [0.717, 1.165) is 17.7 Å². The first-order valence-corrected chi connectivity index (χ1v) is 8.89. The summed E-state index contributed by atoms with van der Waals surface area (Å²) < 4.78 is 52.2. The van der Waals surface area contributed by atoms with E-state index in [4.69, 9.17) is 5.73 Å². The molecule has 1 aliphatic rings. The summed E-state index contributed by atoms with van der Waals surface area (Å²) in [7, 11) is 0. The van der Waals surface area contributed by atoms with Crippen LogP contribution in [-0.2, 0) is 17.5 Å². The summed E-state index contributed by atoms with van der Waals surface area (Å²) in [6, 6.07) is 12.0. The molecule has 0 aromatic heterocycles. The Morgan fingerprint density at radius 2 is 1.83 bits per heavy atom. The SMILES string of the molecule is Cl.N[C@@H]1CN(CC(=O)NCc2ccc(F)cc2C(F)(F)F)C[C@H]1c1ccccc1. The maximum atomic E-state index is 13.2. The van der Waals surface area contributed by atoms with Gasteiger partial charge in [0.15, 0.2) is 0 Å². The molecule has 3 N–H and O–H groups in total. The van der Waals surface area contributed by atoms with E-state index in [1.54, 1.807) is 0 Å². The number of nitrogens with zero attached hydrogens (tertiary/aromatic N) is 1. The number of carbonyl (C=O) groups is 1. The average Bonchev–Trinajstić information content (AvgIpc) is 3.00. The predicted molar refractivity (Wildman–Crippen MR) is 104 cm³/mol. The van der Waals surface area contributed by atoms with E-state index >= 15 is 0 Å². The van der Waals surface area contributed by atoms with Gasteiger partial charge in [0, 0.05) is 31.6 Å². The quantitative estimate of drug-likeness (QED) is 0.714. The molecule has 29 heavy (non-hydrogen) atoms. The highest BCUT2D eigenvalue weighted by atomic mass is 35.5. The van der Waals surface area contributed by atoms with Gasteiger partial charge in [0.05, 0.1) is 12.1 Å². The van der Waals surface area contributed by atoms with Crippen molar-refractivity contribution in [2.45, 2.75) is 24.7 Å². The number of amides is 1. The molecule has 4 nitrogen and oxygen atoms in total. The lowest BCUT2D eigenvalue weighted by atomic mass is 9.95. The Morgan fingerprint density at radius 3 is 2.48 bits per heavy atom. The number of alkyl halides is 3. The molecule has 1 amide bonds. The molecule has 1 fully saturated rings. The van der Waals surface area contributed by atoms with E-state index in [1.807, 2.05) is 35.2 Å². The van der Waals surface area contributed by atoms with Crippen LogP contribution in [0, 0.1) is 5.82 Å². The van der Waals surface area contributed by atoms with Crippen molar-refractivity contribution < 1.29 is 22.4 Å². The highest BCUT2D eigenvalue weighted by Gasteiger charge is 2.34. The molecule has 0 bridgehead atoms. The lowest BCUT2D eigenvalue weighted by Crippen LogP contribution is -2.37. The lowest BCUT2D eigenvalue weighted by Gasteiger charge is -2.17. The summed E-state index contributed by atoms with van der Waals surface area (Å²) in [4.78, 5) is 14.1. The van der Waals surface area contributed by atoms with Gasteiger partial charge in [-0.15, -0.1) is 12.4 Å². The van der Waals surface area contributed by atoms with Crippen molar-refractivity contribution in [2.24, 2.45) is 5.73 Å². The Kier molecular flexibility index (Phi) is 7.62. The monoisotopic (exact) mass is 431 g/mol. The van der Waals surface area contributed by atoms with Gasteiger partial charge in [0.2, 0.25) is 5.91 Å². The molecule has 0 saturated carbocycles. The van der Waals surface area contributed by atoms with Crippen LogP contribution in [-0.4, -0.2) is 36.5 Å². The molecule has 0 radical (unpaired) electrons. The first kappa shape index (κ1) is 23.1. The van der Waals surface area contributed by atoms with Crippen molar-refractivity contribution in [3.8, 4) is 0 Å². The molecular formula is C20H22ClF4N3O. The molecule has 158 valence electrons. The minimum atomic E-state index is -4.69. The topological polar surface area (TPSA) is 58.4 Å². The van der Waals surface area contributed by atoms with Crippen LogP contribution in [0.4, 0.5) is 17.6 Å². The van der Waals surface area contributed by atoms with Crippen LogP contribution in [0.25, 0.3) is 0 Å². The van der Waals surface area contributed by atoms with Crippen LogP contribution in [0.3, 0.4) is 0 Å². The zero-order chi connectivity index (χ0) is 20.3. The Bertz CT molecular complexity index is 832. The molecule has 2 atom stereocenters. The summed E-state index contributed by atoms with van der Waals surface area (Å²) in [6.45, 7) is 0.843. The first-order valence-electron chi connectivity index (χ1n) is 8.89. The van der Waals surface area contributed by atoms with E-state index in [0.29, 0.717) is 19.2 Å². The Hall–Kier alpha value is -2.16. The van der Waals surface area contributed by atoms with Crippen molar-refractivity contribution in [1.29, 1.82) is 0 Å². The number of benzene rings is 2. The summed E-state index contributed by atoms with van der Waals surface area (Å²) >= 11 is 0. The summed E-state index contributed by atoms with van der Waals surface area (Å²) in [5, 5.41) is 2.48. The predicted octanol–water partition coefficient (Wildman–Crippen LogP) is 3.31. The highest BCUT2D eigenvalue weighted by Crippen LogP contribution is 2.32. The van der Waals surface area contributed by atoms with Crippen molar-refractivity contribution >= 4 is 18.3 Å². The highest BCUT2D eigenvalue weighted by molar-refractivity contribution is 5.85.